The largest absolute Gasteiger partial charge is 0.467 e. The Morgan fingerprint density at radius 2 is 1.84 bits per heavy atom. The molecular weight excluding hydrogens is 470 g/mol. The van der Waals surface area contributed by atoms with Crippen molar-refractivity contribution in [3.8, 4) is 17.3 Å². The van der Waals surface area contributed by atoms with Gasteiger partial charge < -0.3 is 14.6 Å². The maximum absolute atomic E-state index is 13.6. The van der Waals surface area contributed by atoms with Crippen LogP contribution in [-0.4, -0.2) is 56.0 Å². The van der Waals surface area contributed by atoms with E-state index in [1.807, 2.05) is 42.6 Å². The van der Waals surface area contributed by atoms with Gasteiger partial charge in [-0.3, -0.25) is 14.3 Å². The first-order valence-corrected chi connectivity index (χ1v) is 12.1. The minimum Gasteiger partial charge on any atom is -0.467 e. The SMILES string of the molecule is COc1ncc(-c2ccc(Cc3cc4c(=O)n([C@H]5CCOC[C@@H]5O)cnc4c4ccccc34)cn2)cn1. The molecule has 2 atom stereocenters. The van der Waals surface area contributed by atoms with Gasteiger partial charge in [-0.1, -0.05) is 30.3 Å². The fourth-order valence-electron chi connectivity index (χ4n) is 4.94. The Balaban J connectivity index is 1.39. The number of pyridine rings is 1. The summed E-state index contributed by atoms with van der Waals surface area (Å²) in [5, 5.41) is 12.9. The van der Waals surface area contributed by atoms with Gasteiger partial charge in [0.15, 0.2) is 0 Å². The normalized spacial score (nSPS) is 17.8. The number of fused-ring (bicyclic) bond motifs is 3. The van der Waals surface area contributed by atoms with Crippen LogP contribution in [0.1, 0.15) is 23.6 Å². The third kappa shape index (κ3) is 4.32. The highest BCUT2D eigenvalue weighted by Gasteiger charge is 2.27. The van der Waals surface area contributed by atoms with Crippen LogP contribution in [-0.2, 0) is 11.2 Å². The fraction of sp³-hybridized carbons (Fsp3) is 0.250. The number of benzene rings is 2. The van der Waals surface area contributed by atoms with Crippen LogP contribution in [0.15, 0.2) is 72.2 Å². The van der Waals surface area contributed by atoms with Crippen LogP contribution in [0.5, 0.6) is 6.01 Å². The molecule has 0 unspecified atom stereocenters. The Labute approximate surface area is 212 Å². The number of aromatic nitrogens is 5. The third-order valence-corrected chi connectivity index (χ3v) is 6.85. The molecule has 3 aromatic heterocycles. The van der Waals surface area contributed by atoms with Crippen molar-refractivity contribution in [2.75, 3.05) is 20.3 Å². The molecule has 0 spiro atoms. The van der Waals surface area contributed by atoms with Gasteiger partial charge in [-0.2, -0.15) is 0 Å². The van der Waals surface area contributed by atoms with E-state index in [1.165, 1.54) is 7.11 Å². The van der Waals surface area contributed by atoms with E-state index in [4.69, 9.17) is 9.47 Å². The lowest BCUT2D eigenvalue weighted by atomic mass is 9.96. The summed E-state index contributed by atoms with van der Waals surface area (Å²) < 4.78 is 11.9. The molecule has 1 aliphatic heterocycles. The molecule has 1 fully saturated rings. The number of nitrogens with zero attached hydrogens (tertiary/aromatic N) is 5. The minimum atomic E-state index is -0.744. The summed E-state index contributed by atoms with van der Waals surface area (Å²) in [5.41, 5.74) is 4.08. The first-order chi connectivity index (χ1) is 18.1. The smallest absolute Gasteiger partial charge is 0.316 e. The summed E-state index contributed by atoms with van der Waals surface area (Å²) in [7, 11) is 1.53. The van der Waals surface area contributed by atoms with Crippen LogP contribution in [0.3, 0.4) is 0 Å². The highest BCUT2D eigenvalue weighted by Crippen LogP contribution is 2.29. The Morgan fingerprint density at radius 3 is 2.57 bits per heavy atom. The molecule has 5 aromatic rings. The van der Waals surface area contributed by atoms with Gasteiger partial charge in [-0.25, -0.2) is 15.0 Å². The molecule has 1 aliphatic rings. The molecule has 6 rings (SSSR count). The fourth-order valence-corrected chi connectivity index (χ4v) is 4.94. The van der Waals surface area contributed by atoms with Gasteiger partial charge in [0.25, 0.3) is 5.56 Å². The van der Waals surface area contributed by atoms with E-state index in [2.05, 4.69) is 26.0 Å². The first kappa shape index (κ1) is 23.2. The van der Waals surface area contributed by atoms with Crippen molar-refractivity contribution in [3.05, 3.63) is 88.9 Å². The summed E-state index contributed by atoms with van der Waals surface area (Å²) in [4.78, 5) is 31.2. The highest BCUT2D eigenvalue weighted by molar-refractivity contribution is 6.06. The standard InChI is InChI=1S/C28H25N5O4/c1-36-28-30-13-19(14-31-28)23-7-6-17(12-29-23)10-18-11-22-26(21-5-3-2-4-20(18)21)32-16-33(27(22)35)24-8-9-37-15-25(24)34/h2-7,11-14,16,24-25,34H,8-10,15H2,1H3/t24-,25-/m0/s1. The molecule has 0 saturated carbocycles. The predicted octanol–water partition coefficient (Wildman–Crippen LogP) is 3.32. The lowest BCUT2D eigenvalue weighted by Crippen LogP contribution is -2.39. The van der Waals surface area contributed by atoms with Crippen molar-refractivity contribution >= 4 is 21.7 Å². The van der Waals surface area contributed by atoms with Crippen molar-refractivity contribution < 1.29 is 14.6 Å². The topological polar surface area (TPSA) is 112 Å². The van der Waals surface area contributed by atoms with Crippen LogP contribution in [0.2, 0.25) is 0 Å². The minimum absolute atomic E-state index is 0.157. The zero-order valence-electron chi connectivity index (χ0n) is 20.2. The summed E-state index contributed by atoms with van der Waals surface area (Å²) in [5.74, 6) is 0. The van der Waals surface area contributed by atoms with Gasteiger partial charge >= 0.3 is 6.01 Å². The second kappa shape index (κ2) is 9.68. The molecule has 0 bridgehead atoms. The molecule has 9 nitrogen and oxygen atoms in total. The van der Waals surface area contributed by atoms with Crippen molar-refractivity contribution in [3.63, 3.8) is 0 Å². The zero-order chi connectivity index (χ0) is 25.4. The van der Waals surface area contributed by atoms with Crippen LogP contribution in [0, 0.1) is 0 Å². The van der Waals surface area contributed by atoms with E-state index in [0.29, 0.717) is 36.4 Å². The molecule has 4 heterocycles. The number of methoxy groups -OCH3 is 1. The first-order valence-electron chi connectivity index (χ1n) is 12.1. The lowest BCUT2D eigenvalue weighted by molar-refractivity contribution is -0.0395. The Bertz CT molecular complexity index is 1630. The average Bonchev–Trinajstić information content (AvgIpc) is 2.95. The van der Waals surface area contributed by atoms with Crippen LogP contribution >= 0.6 is 0 Å². The number of hydrogen-bond donors (Lipinski definition) is 1. The number of aliphatic hydroxyl groups is 1. The summed E-state index contributed by atoms with van der Waals surface area (Å²) in [6, 6.07) is 13.8. The highest BCUT2D eigenvalue weighted by atomic mass is 16.5. The Kier molecular flexibility index (Phi) is 6.07. The number of hydrogen-bond acceptors (Lipinski definition) is 8. The van der Waals surface area contributed by atoms with Gasteiger partial charge in [0, 0.05) is 36.1 Å². The van der Waals surface area contributed by atoms with E-state index in [-0.39, 0.29) is 18.2 Å². The van der Waals surface area contributed by atoms with E-state index in [9.17, 15) is 9.90 Å². The maximum atomic E-state index is 13.6. The number of ether oxygens (including phenoxy) is 2. The molecule has 37 heavy (non-hydrogen) atoms. The van der Waals surface area contributed by atoms with Crippen LogP contribution in [0.4, 0.5) is 0 Å². The Hall–Kier alpha value is -4.21. The third-order valence-electron chi connectivity index (χ3n) is 6.85. The molecule has 1 saturated heterocycles. The van der Waals surface area contributed by atoms with E-state index in [0.717, 1.165) is 33.2 Å². The lowest BCUT2D eigenvalue weighted by Gasteiger charge is -2.29. The molecule has 0 aliphatic carbocycles. The van der Waals surface area contributed by atoms with E-state index < -0.39 is 6.10 Å². The van der Waals surface area contributed by atoms with Gasteiger partial charge in [-0.15, -0.1) is 0 Å². The van der Waals surface area contributed by atoms with Crippen molar-refractivity contribution in [2.45, 2.75) is 25.0 Å². The van der Waals surface area contributed by atoms with Crippen LogP contribution < -0.4 is 10.3 Å². The molecule has 0 amide bonds. The number of rotatable bonds is 5. The molecule has 9 heteroatoms. The van der Waals surface area contributed by atoms with Gasteiger partial charge in [-0.05, 0) is 41.5 Å². The van der Waals surface area contributed by atoms with Gasteiger partial charge in [0.05, 0.1) is 48.8 Å². The monoisotopic (exact) mass is 495 g/mol. The average molecular weight is 496 g/mol. The second-order valence-electron chi connectivity index (χ2n) is 9.12. The summed E-state index contributed by atoms with van der Waals surface area (Å²) in [6.07, 6.45) is 7.16. The number of aliphatic hydroxyl groups excluding tert-OH is 1. The molecular formula is C28H25N5O4. The van der Waals surface area contributed by atoms with E-state index >= 15 is 0 Å². The quantitative estimate of drug-likeness (QED) is 0.370. The van der Waals surface area contributed by atoms with Crippen LogP contribution in [0.25, 0.3) is 32.9 Å². The maximum Gasteiger partial charge on any atom is 0.316 e. The molecule has 1 N–H and O–H groups in total. The Morgan fingerprint density at radius 1 is 1.03 bits per heavy atom. The zero-order valence-corrected chi connectivity index (χ0v) is 20.2. The van der Waals surface area contributed by atoms with Crippen molar-refractivity contribution in [1.29, 1.82) is 0 Å². The summed E-state index contributed by atoms with van der Waals surface area (Å²) in [6.45, 7) is 0.713. The van der Waals surface area contributed by atoms with Crippen molar-refractivity contribution in [2.24, 2.45) is 0 Å². The van der Waals surface area contributed by atoms with Gasteiger partial charge in [0.1, 0.15) is 0 Å². The molecule has 0 radical (unpaired) electrons. The molecule has 186 valence electrons. The van der Waals surface area contributed by atoms with Gasteiger partial charge in [0.2, 0.25) is 0 Å². The van der Waals surface area contributed by atoms with E-state index in [1.54, 1.807) is 23.3 Å². The molecule has 2 aromatic carbocycles. The van der Waals surface area contributed by atoms with Crippen molar-refractivity contribution in [1.82, 2.24) is 24.5 Å². The second-order valence-corrected chi connectivity index (χ2v) is 9.12. The predicted molar refractivity (Wildman–Crippen MR) is 139 cm³/mol. The summed E-state index contributed by atoms with van der Waals surface area (Å²) >= 11 is 0.